The number of aromatic nitrogens is 1. The summed E-state index contributed by atoms with van der Waals surface area (Å²) in [7, 11) is 0. The SMILES string of the molecule is CC(C)[C@H](NC(=O)OC(C)(C)C)C(=O)Nc1cccc(NC(=O)[C@@H]2CCCN2)n1. The fraction of sp³-hybridized carbons (Fsp3) is 0.600. The van der Waals surface area contributed by atoms with Crippen LogP contribution < -0.4 is 21.3 Å². The number of nitrogens with one attached hydrogen (secondary N) is 4. The van der Waals surface area contributed by atoms with Crippen LogP contribution in [0.2, 0.25) is 0 Å². The molecule has 0 aliphatic carbocycles. The van der Waals surface area contributed by atoms with Gasteiger partial charge in [-0.1, -0.05) is 19.9 Å². The molecule has 0 spiro atoms. The van der Waals surface area contributed by atoms with Gasteiger partial charge in [0, 0.05) is 0 Å². The van der Waals surface area contributed by atoms with Crippen LogP contribution in [0.1, 0.15) is 47.5 Å². The summed E-state index contributed by atoms with van der Waals surface area (Å²) in [4.78, 5) is 41.2. The highest BCUT2D eigenvalue weighted by Crippen LogP contribution is 2.14. The van der Waals surface area contributed by atoms with E-state index in [9.17, 15) is 14.4 Å². The lowest BCUT2D eigenvalue weighted by Gasteiger charge is -2.25. The Morgan fingerprint density at radius 3 is 2.38 bits per heavy atom. The van der Waals surface area contributed by atoms with Crippen molar-refractivity contribution in [1.82, 2.24) is 15.6 Å². The average Bonchev–Trinajstić information content (AvgIpc) is 3.13. The standard InChI is InChI=1S/C20H31N5O4/c1-12(2)16(25-19(28)29-20(3,4)5)18(27)24-15-10-6-9-14(22-15)23-17(26)13-8-7-11-21-13/h6,9-10,12-13,16,21H,7-8,11H2,1-5H3,(H,25,28)(H2,22,23,24,26,27)/t13-,16-/m0/s1. The quantitative estimate of drug-likeness (QED) is 0.576. The molecule has 0 unspecified atom stereocenters. The molecule has 3 amide bonds. The summed E-state index contributed by atoms with van der Waals surface area (Å²) in [6.45, 7) is 9.72. The van der Waals surface area contributed by atoms with E-state index in [-0.39, 0.29) is 23.7 Å². The lowest BCUT2D eigenvalue weighted by Crippen LogP contribution is -2.48. The van der Waals surface area contributed by atoms with Crippen LogP contribution in [0, 0.1) is 5.92 Å². The van der Waals surface area contributed by atoms with Gasteiger partial charge in [-0.05, 0) is 58.2 Å². The van der Waals surface area contributed by atoms with Crippen molar-refractivity contribution in [3.63, 3.8) is 0 Å². The van der Waals surface area contributed by atoms with Gasteiger partial charge in [0.05, 0.1) is 6.04 Å². The molecule has 9 nitrogen and oxygen atoms in total. The van der Waals surface area contributed by atoms with E-state index in [4.69, 9.17) is 4.74 Å². The number of carbonyl (C=O) groups is 3. The van der Waals surface area contributed by atoms with Crippen LogP contribution in [0.3, 0.4) is 0 Å². The number of hydrogen-bond donors (Lipinski definition) is 4. The monoisotopic (exact) mass is 405 g/mol. The minimum absolute atomic E-state index is 0.148. The van der Waals surface area contributed by atoms with Gasteiger partial charge in [0.1, 0.15) is 23.3 Å². The number of amides is 3. The zero-order valence-corrected chi connectivity index (χ0v) is 17.7. The van der Waals surface area contributed by atoms with E-state index in [0.29, 0.717) is 5.82 Å². The third kappa shape index (κ3) is 7.34. The number of ether oxygens (including phenoxy) is 1. The molecule has 0 aromatic carbocycles. The first-order valence-electron chi connectivity index (χ1n) is 9.87. The first-order chi connectivity index (χ1) is 13.5. The molecule has 0 saturated carbocycles. The predicted octanol–water partition coefficient (Wildman–Crippen LogP) is 2.26. The Bertz CT molecular complexity index is 739. The molecule has 1 saturated heterocycles. The van der Waals surface area contributed by atoms with Crippen molar-refractivity contribution in [1.29, 1.82) is 0 Å². The van der Waals surface area contributed by atoms with Crippen molar-refractivity contribution >= 4 is 29.5 Å². The topological polar surface area (TPSA) is 121 Å². The predicted molar refractivity (Wildman–Crippen MR) is 111 cm³/mol. The van der Waals surface area contributed by atoms with Gasteiger partial charge in [-0.2, -0.15) is 0 Å². The fourth-order valence-corrected chi connectivity index (χ4v) is 2.87. The number of rotatable bonds is 6. The van der Waals surface area contributed by atoms with Gasteiger partial charge < -0.3 is 26.0 Å². The Labute approximate surface area is 171 Å². The molecular weight excluding hydrogens is 374 g/mol. The lowest BCUT2D eigenvalue weighted by atomic mass is 10.0. The molecule has 2 heterocycles. The average molecular weight is 405 g/mol. The normalized spacial score (nSPS) is 17.5. The third-order valence-electron chi connectivity index (χ3n) is 4.25. The van der Waals surface area contributed by atoms with Crippen LogP contribution in [0.15, 0.2) is 18.2 Å². The first kappa shape index (κ1) is 22.6. The molecule has 9 heteroatoms. The molecule has 0 bridgehead atoms. The van der Waals surface area contributed by atoms with E-state index < -0.39 is 23.6 Å². The Hall–Kier alpha value is -2.68. The van der Waals surface area contributed by atoms with Crippen LogP contribution in [-0.2, 0) is 14.3 Å². The van der Waals surface area contributed by atoms with Crippen molar-refractivity contribution in [3.05, 3.63) is 18.2 Å². The summed E-state index contributed by atoms with van der Waals surface area (Å²) in [6.07, 6.45) is 1.08. The smallest absolute Gasteiger partial charge is 0.408 e. The summed E-state index contributed by atoms with van der Waals surface area (Å²) in [5.74, 6) is -0.102. The maximum Gasteiger partial charge on any atom is 0.408 e. The van der Waals surface area contributed by atoms with Crippen LogP contribution in [-0.4, -0.2) is 47.1 Å². The van der Waals surface area contributed by atoms with Crippen LogP contribution in [0.4, 0.5) is 16.4 Å². The Balaban J connectivity index is 2.00. The van der Waals surface area contributed by atoms with Gasteiger partial charge in [0.15, 0.2) is 0 Å². The molecule has 1 aromatic heterocycles. The molecule has 1 fully saturated rings. The Morgan fingerprint density at radius 1 is 1.17 bits per heavy atom. The fourth-order valence-electron chi connectivity index (χ4n) is 2.87. The zero-order valence-electron chi connectivity index (χ0n) is 17.7. The summed E-state index contributed by atoms with van der Waals surface area (Å²) in [6, 6.07) is 3.94. The van der Waals surface area contributed by atoms with Crippen LogP contribution in [0.5, 0.6) is 0 Å². The minimum atomic E-state index is -0.799. The van der Waals surface area contributed by atoms with Crippen molar-refractivity contribution in [3.8, 4) is 0 Å². The van der Waals surface area contributed by atoms with Gasteiger partial charge in [0.25, 0.3) is 0 Å². The Kier molecular flexibility index (Phi) is 7.55. The second kappa shape index (κ2) is 9.69. The van der Waals surface area contributed by atoms with Gasteiger partial charge in [-0.3, -0.25) is 9.59 Å². The lowest BCUT2D eigenvalue weighted by molar-refractivity contribution is -0.119. The highest BCUT2D eigenvalue weighted by atomic mass is 16.6. The minimum Gasteiger partial charge on any atom is -0.444 e. The molecule has 2 rings (SSSR count). The summed E-state index contributed by atoms with van der Waals surface area (Å²) in [5.41, 5.74) is -0.662. The summed E-state index contributed by atoms with van der Waals surface area (Å²) in [5, 5.41) is 11.2. The molecule has 0 radical (unpaired) electrons. The van der Waals surface area contributed by atoms with Crippen molar-refractivity contribution in [2.24, 2.45) is 5.92 Å². The zero-order chi connectivity index (χ0) is 21.6. The van der Waals surface area contributed by atoms with Gasteiger partial charge in [-0.15, -0.1) is 0 Å². The van der Waals surface area contributed by atoms with Crippen LogP contribution in [0.25, 0.3) is 0 Å². The molecular formula is C20H31N5O4. The molecule has 2 atom stereocenters. The molecule has 29 heavy (non-hydrogen) atoms. The number of nitrogens with zero attached hydrogens (tertiary/aromatic N) is 1. The van der Waals surface area contributed by atoms with E-state index in [2.05, 4.69) is 26.3 Å². The van der Waals surface area contributed by atoms with E-state index in [1.807, 2.05) is 13.8 Å². The number of anilines is 2. The van der Waals surface area contributed by atoms with Crippen molar-refractivity contribution in [2.75, 3.05) is 17.2 Å². The molecule has 1 aliphatic heterocycles. The van der Waals surface area contributed by atoms with Gasteiger partial charge in [-0.25, -0.2) is 9.78 Å². The van der Waals surface area contributed by atoms with Crippen LogP contribution >= 0.6 is 0 Å². The van der Waals surface area contributed by atoms with E-state index in [1.54, 1.807) is 39.0 Å². The number of carbonyl (C=O) groups excluding carboxylic acids is 3. The third-order valence-corrected chi connectivity index (χ3v) is 4.25. The maximum atomic E-state index is 12.7. The highest BCUT2D eigenvalue weighted by molar-refractivity contribution is 5.97. The van der Waals surface area contributed by atoms with Crippen molar-refractivity contribution < 1.29 is 19.1 Å². The van der Waals surface area contributed by atoms with E-state index in [0.717, 1.165) is 19.4 Å². The second-order valence-electron chi connectivity index (χ2n) is 8.40. The van der Waals surface area contributed by atoms with Crippen molar-refractivity contribution in [2.45, 2.75) is 65.1 Å². The van der Waals surface area contributed by atoms with Gasteiger partial charge >= 0.3 is 6.09 Å². The molecule has 160 valence electrons. The van der Waals surface area contributed by atoms with E-state index in [1.165, 1.54) is 0 Å². The highest BCUT2D eigenvalue weighted by Gasteiger charge is 2.27. The van der Waals surface area contributed by atoms with Gasteiger partial charge in [0.2, 0.25) is 11.8 Å². The molecule has 1 aliphatic rings. The maximum absolute atomic E-state index is 12.7. The number of pyridine rings is 1. The summed E-state index contributed by atoms with van der Waals surface area (Å²) < 4.78 is 5.23. The molecule has 4 N–H and O–H groups in total. The van der Waals surface area contributed by atoms with E-state index >= 15 is 0 Å². The second-order valence-corrected chi connectivity index (χ2v) is 8.40. The number of hydrogen-bond acceptors (Lipinski definition) is 6. The first-order valence-corrected chi connectivity index (χ1v) is 9.87. The number of alkyl carbamates (subject to hydrolysis) is 1. The molecule has 1 aromatic rings. The largest absolute Gasteiger partial charge is 0.444 e. The Morgan fingerprint density at radius 2 is 1.83 bits per heavy atom. The summed E-state index contributed by atoms with van der Waals surface area (Å²) >= 11 is 0.